The van der Waals surface area contributed by atoms with Crippen LogP contribution in [0.4, 0.5) is 23.4 Å². The van der Waals surface area contributed by atoms with E-state index in [0.29, 0.717) is 24.5 Å². The zero-order valence-electron chi connectivity index (χ0n) is 12.8. The van der Waals surface area contributed by atoms with Gasteiger partial charge in [0.1, 0.15) is 11.6 Å². The smallest absolute Gasteiger partial charge is 0.366 e. The van der Waals surface area contributed by atoms with E-state index in [1.54, 1.807) is 12.1 Å². The summed E-state index contributed by atoms with van der Waals surface area (Å²) in [4.78, 5) is 5.59. The molecule has 0 radical (unpaired) electrons. The maximum Gasteiger partial charge on any atom is 0.417 e. The third-order valence-corrected chi connectivity index (χ3v) is 3.16. The van der Waals surface area contributed by atoms with Gasteiger partial charge in [-0.1, -0.05) is 6.07 Å². The van der Waals surface area contributed by atoms with Gasteiger partial charge in [0, 0.05) is 24.8 Å². The molecule has 7 heteroatoms. The average molecular weight is 327 g/mol. The van der Waals surface area contributed by atoms with Gasteiger partial charge in [-0.3, -0.25) is 0 Å². The molecule has 0 aliphatic carbocycles. The maximum atomic E-state index is 13.7. The normalized spacial score (nSPS) is 11.8. The monoisotopic (exact) mass is 327 g/mol. The van der Waals surface area contributed by atoms with Gasteiger partial charge in [-0.25, -0.2) is 9.37 Å². The van der Waals surface area contributed by atoms with Crippen LogP contribution in [0, 0.1) is 5.82 Å². The van der Waals surface area contributed by atoms with Crippen molar-refractivity contribution < 1.29 is 17.6 Å². The molecule has 1 N–H and O–H groups in total. The molecule has 0 saturated heterocycles. The molecule has 2 rings (SSSR count). The molecule has 1 aromatic carbocycles. The Hall–Kier alpha value is -2.15. The van der Waals surface area contributed by atoms with Gasteiger partial charge in [-0.2, -0.15) is 13.2 Å². The Morgan fingerprint density at radius 1 is 1.13 bits per heavy atom. The molecule has 0 spiro atoms. The summed E-state index contributed by atoms with van der Waals surface area (Å²) < 4.78 is 51.1. The molecule has 0 amide bonds. The minimum absolute atomic E-state index is 0.282. The maximum absolute atomic E-state index is 13.7. The zero-order valence-corrected chi connectivity index (χ0v) is 12.8. The SMILES string of the molecule is CN(C)Cc1cc(CNc2ccc(C(F)(F)F)cn2)ccc1F. The van der Waals surface area contributed by atoms with Gasteiger partial charge < -0.3 is 10.2 Å². The topological polar surface area (TPSA) is 28.2 Å². The predicted octanol–water partition coefficient (Wildman–Crippen LogP) is 3.91. The molecule has 0 aliphatic rings. The molecule has 2 aromatic rings. The molecule has 0 saturated carbocycles. The van der Waals surface area contributed by atoms with Gasteiger partial charge in [0.2, 0.25) is 0 Å². The fraction of sp³-hybridized carbons (Fsp3) is 0.312. The third-order valence-electron chi connectivity index (χ3n) is 3.16. The lowest BCUT2D eigenvalue weighted by Crippen LogP contribution is -2.12. The van der Waals surface area contributed by atoms with Crippen LogP contribution in [-0.2, 0) is 19.3 Å². The number of halogens is 4. The summed E-state index contributed by atoms with van der Waals surface area (Å²) in [5.41, 5.74) is 0.595. The average Bonchev–Trinajstić information content (AvgIpc) is 2.47. The second-order valence-corrected chi connectivity index (χ2v) is 5.45. The van der Waals surface area contributed by atoms with Crippen molar-refractivity contribution in [1.29, 1.82) is 0 Å². The Bertz CT molecular complexity index is 651. The number of nitrogens with one attached hydrogen (secondary N) is 1. The van der Waals surface area contributed by atoms with Crippen molar-refractivity contribution in [2.45, 2.75) is 19.3 Å². The second kappa shape index (κ2) is 6.95. The van der Waals surface area contributed by atoms with Crippen molar-refractivity contribution in [3.8, 4) is 0 Å². The predicted molar refractivity (Wildman–Crippen MR) is 80.4 cm³/mol. The van der Waals surface area contributed by atoms with Gasteiger partial charge in [-0.05, 0) is 43.9 Å². The highest BCUT2D eigenvalue weighted by Gasteiger charge is 2.30. The van der Waals surface area contributed by atoms with Crippen LogP contribution in [-0.4, -0.2) is 24.0 Å². The van der Waals surface area contributed by atoms with Crippen LogP contribution in [0.3, 0.4) is 0 Å². The largest absolute Gasteiger partial charge is 0.417 e. The molecular formula is C16H17F4N3. The summed E-state index contributed by atoms with van der Waals surface area (Å²) in [5.74, 6) is 0.0478. The van der Waals surface area contributed by atoms with E-state index in [9.17, 15) is 17.6 Å². The number of nitrogens with zero attached hydrogens (tertiary/aromatic N) is 2. The van der Waals surface area contributed by atoms with Crippen molar-refractivity contribution in [1.82, 2.24) is 9.88 Å². The first-order valence-electron chi connectivity index (χ1n) is 6.95. The van der Waals surface area contributed by atoms with Gasteiger partial charge in [-0.15, -0.1) is 0 Å². The highest BCUT2D eigenvalue weighted by atomic mass is 19.4. The van der Waals surface area contributed by atoms with Crippen LogP contribution in [0.25, 0.3) is 0 Å². The number of alkyl halides is 3. The van der Waals surface area contributed by atoms with Crippen LogP contribution in [0.2, 0.25) is 0 Å². The van der Waals surface area contributed by atoms with Gasteiger partial charge >= 0.3 is 6.18 Å². The van der Waals surface area contributed by atoms with Crippen molar-refractivity contribution in [2.24, 2.45) is 0 Å². The number of anilines is 1. The molecular weight excluding hydrogens is 310 g/mol. The van der Waals surface area contributed by atoms with E-state index in [1.165, 1.54) is 12.1 Å². The van der Waals surface area contributed by atoms with E-state index in [0.717, 1.165) is 17.8 Å². The molecule has 0 bridgehead atoms. The number of pyridine rings is 1. The van der Waals surface area contributed by atoms with Crippen molar-refractivity contribution >= 4 is 5.82 Å². The fourth-order valence-corrected chi connectivity index (χ4v) is 2.06. The second-order valence-electron chi connectivity index (χ2n) is 5.45. The third kappa shape index (κ3) is 4.92. The first-order chi connectivity index (χ1) is 10.8. The van der Waals surface area contributed by atoms with E-state index in [2.05, 4.69) is 10.3 Å². The minimum atomic E-state index is -4.40. The highest BCUT2D eigenvalue weighted by Crippen LogP contribution is 2.28. The first-order valence-corrected chi connectivity index (χ1v) is 6.95. The van der Waals surface area contributed by atoms with Gasteiger partial charge in [0.25, 0.3) is 0 Å². The molecule has 0 aliphatic heterocycles. The number of rotatable bonds is 5. The van der Waals surface area contributed by atoms with E-state index < -0.39 is 11.7 Å². The minimum Gasteiger partial charge on any atom is -0.366 e. The summed E-state index contributed by atoms with van der Waals surface area (Å²) in [6, 6.07) is 6.98. The Morgan fingerprint density at radius 2 is 1.87 bits per heavy atom. The van der Waals surface area contributed by atoms with E-state index >= 15 is 0 Å². The molecule has 124 valence electrons. The van der Waals surface area contributed by atoms with Crippen LogP contribution in [0.15, 0.2) is 36.5 Å². The first kappa shape index (κ1) is 17.2. The Labute approximate surface area is 132 Å². The molecule has 1 heterocycles. The van der Waals surface area contributed by atoms with E-state index in [1.807, 2.05) is 19.0 Å². The van der Waals surface area contributed by atoms with Crippen LogP contribution in [0.5, 0.6) is 0 Å². The summed E-state index contributed by atoms with van der Waals surface area (Å²) in [5, 5.41) is 2.93. The van der Waals surface area contributed by atoms with Crippen LogP contribution >= 0.6 is 0 Å². The lowest BCUT2D eigenvalue weighted by atomic mass is 10.1. The summed E-state index contributed by atoms with van der Waals surface area (Å²) in [7, 11) is 3.69. The van der Waals surface area contributed by atoms with Gasteiger partial charge in [0.05, 0.1) is 5.56 Å². The fourth-order valence-electron chi connectivity index (χ4n) is 2.06. The lowest BCUT2D eigenvalue weighted by molar-refractivity contribution is -0.137. The highest BCUT2D eigenvalue weighted by molar-refractivity contribution is 5.38. The van der Waals surface area contributed by atoms with Crippen LogP contribution in [0.1, 0.15) is 16.7 Å². The number of benzene rings is 1. The molecule has 0 atom stereocenters. The standard InChI is InChI=1S/C16H17F4N3/c1-23(2)10-12-7-11(3-5-14(12)17)8-21-15-6-4-13(9-22-15)16(18,19)20/h3-7,9H,8,10H2,1-2H3,(H,21,22). The summed E-state index contributed by atoms with van der Waals surface area (Å²) in [6.45, 7) is 0.817. The quantitative estimate of drug-likeness (QED) is 0.844. The Balaban J connectivity index is 2.03. The Kier molecular flexibility index (Phi) is 5.20. The van der Waals surface area contributed by atoms with Crippen molar-refractivity contribution in [3.63, 3.8) is 0 Å². The summed E-state index contributed by atoms with van der Waals surface area (Å²) in [6.07, 6.45) is -3.62. The molecule has 0 fully saturated rings. The van der Waals surface area contributed by atoms with Gasteiger partial charge in [0.15, 0.2) is 0 Å². The zero-order chi connectivity index (χ0) is 17.0. The van der Waals surface area contributed by atoms with Crippen LogP contribution < -0.4 is 5.32 Å². The number of hydrogen-bond donors (Lipinski definition) is 1. The van der Waals surface area contributed by atoms with E-state index in [-0.39, 0.29) is 5.82 Å². The molecule has 3 nitrogen and oxygen atoms in total. The molecule has 0 unspecified atom stereocenters. The Morgan fingerprint density at radius 3 is 2.43 bits per heavy atom. The number of hydrogen-bond acceptors (Lipinski definition) is 3. The lowest BCUT2D eigenvalue weighted by Gasteiger charge is -2.13. The molecule has 1 aromatic heterocycles. The van der Waals surface area contributed by atoms with Crippen molar-refractivity contribution in [2.75, 3.05) is 19.4 Å². The number of aromatic nitrogens is 1. The van der Waals surface area contributed by atoms with Crippen molar-refractivity contribution in [3.05, 3.63) is 59.0 Å². The molecule has 23 heavy (non-hydrogen) atoms. The van der Waals surface area contributed by atoms with E-state index in [4.69, 9.17) is 0 Å². The summed E-state index contributed by atoms with van der Waals surface area (Å²) >= 11 is 0.